The Bertz CT molecular complexity index is 1200. The van der Waals surface area contributed by atoms with Crippen molar-refractivity contribution in [3.63, 3.8) is 0 Å². The maximum atomic E-state index is 13.2. The van der Waals surface area contributed by atoms with Crippen molar-refractivity contribution in [1.29, 1.82) is 0 Å². The summed E-state index contributed by atoms with van der Waals surface area (Å²) < 4.78 is 23.7. The summed E-state index contributed by atoms with van der Waals surface area (Å²) in [5, 5.41) is 15.4. The van der Waals surface area contributed by atoms with Crippen LogP contribution in [0.3, 0.4) is 0 Å². The number of rotatable bonds is 8. The second-order valence-electron chi connectivity index (χ2n) is 6.67. The molecule has 0 fully saturated rings. The van der Waals surface area contributed by atoms with Gasteiger partial charge in [-0.1, -0.05) is 11.6 Å². The van der Waals surface area contributed by atoms with Crippen LogP contribution < -0.4 is 10.1 Å². The molecule has 0 bridgehead atoms. The molecule has 0 aliphatic rings. The van der Waals surface area contributed by atoms with Crippen LogP contribution in [-0.4, -0.2) is 35.2 Å². The third-order valence-electron chi connectivity index (χ3n) is 4.37. The molecule has 0 saturated carbocycles. The number of nitrogens with zero attached hydrogens (tertiary/aromatic N) is 6. The van der Waals surface area contributed by atoms with E-state index in [1.807, 2.05) is 17.8 Å². The normalized spacial score (nSPS) is 10.9. The van der Waals surface area contributed by atoms with Crippen molar-refractivity contribution in [3.8, 4) is 5.75 Å². The Morgan fingerprint density at radius 2 is 2.00 bits per heavy atom. The number of hydrogen-bond donors (Lipinski definition) is 1. The van der Waals surface area contributed by atoms with Crippen molar-refractivity contribution in [2.75, 3.05) is 5.32 Å². The lowest BCUT2D eigenvalue weighted by atomic mass is 10.3. The van der Waals surface area contributed by atoms with Crippen LogP contribution in [0.15, 0.2) is 55.2 Å². The quantitative estimate of drug-likeness (QED) is 0.450. The number of benzene rings is 1. The first-order valence-corrected chi connectivity index (χ1v) is 9.84. The maximum absolute atomic E-state index is 13.2. The van der Waals surface area contributed by atoms with E-state index >= 15 is 0 Å². The highest BCUT2D eigenvalue weighted by molar-refractivity contribution is 6.30. The van der Waals surface area contributed by atoms with E-state index in [1.165, 1.54) is 22.9 Å². The van der Waals surface area contributed by atoms with Gasteiger partial charge in [-0.2, -0.15) is 15.3 Å². The van der Waals surface area contributed by atoms with Gasteiger partial charge in [0.25, 0.3) is 5.91 Å². The fraction of sp³-hybridized carbons (Fsp3) is 0.200. The summed E-state index contributed by atoms with van der Waals surface area (Å²) in [7, 11) is 0. The molecular formula is C20H19ClFN7O2. The number of anilines is 1. The number of ether oxygens (including phenoxy) is 1. The average Bonchev–Trinajstić information content (AvgIpc) is 3.50. The fourth-order valence-corrected chi connectivity index (χ4v) is 2.99. The highest BCUT2D eigenvalue weighted by Gasteiger charge is 2.12. The average molecular weight is 444 g/mol. The van der Waals surface area contributed by atoms with E-state index in [9.17, 15) is 9.18 Å². The summed E-state index contributed by atoms with van der Waals surface area (Å²) in [5.41, 5.74) is 1.79. The minimum absolute atomic E-state index is 0.0298. The van der Waals surface area contributed by atoms with Gasteiger partial charge < -0.3 is 10.1 Å². The van der Waals surface area contributed by atoms with Crippen LogP contribution in [0.1, 0.15) is 23.0 Å². The zero-order valence-corrected chi connectivity index (χ0v) is 17.3. The van der Waals surface area contributed by atoms with Crippen LogP contribution in [0.5, 0.6) is 5.75 Å². The van der Waals surface area contributed by atoms with Crippen LogP contribution in [0.25, 0.3) is 0 Å². The first kappa shape index (κ1) is 20.6. The lowest BCUT2D eigenvalue weighted by Gasteiger charge is -2.06. The van der Waals surface area contributed by atoms with Crippen molar-refractivity contribution in [1.82, 2.24) is 29.3 Å². The molecule has 0 saturated heterocycles. The SMILES string of the molecule is CCn1cc(Cn2cc(NC(=O)c3ccn(COc4ccc(F)c(Cl)c4)n3)cn2)cn1. The zero-order valence-electron chi connectivity index (χ0n) is 16.6. The van der Waals surface area contributed by atoms with Crippen molar-refractivity contribution in [2.45, 2.75) is 26.7 Å². The number of carbonyl (C=O) groups is 1. The van der Waals surface area contributed by atoms with E-state index in [1.54, 1.807) is 35.5 Å². The third-order valence-corrected chi connectivity index (χ3v) is 4.66. The Morgan fingerprint density at radius 3 is 2.77 bits per heavy atom. The van der Waals surface area contributed by atoms with Gasteiger partial charge in [-0.15, -0.1) is 0 Å². The minimum atomic E-state index is -0.522. The Labute approximate surface area is 182 Å². The molecule has 4 rings (SSSR count). The molecule has 11 heteroatoms. The van der Waals surface area contributed by atoms with Gasteiger partial charge in [0, 0.05) is 36.8 Å². The molecule has 3 heterocycles. The summed E-state index contributed by atoms with van der Waals surface area (Å²) in [5.74, 6) is -0.502. The molecule has 3 aromatic heterocycles. The van der Waals surface area contributed by atoms with Crippen molar-refractivity contribution in [3.05, 3.63) is 77.3 Å². The van der Waals surface area contributed by atoms with Gasteiger partial charge in [-0.25, -0.2) is 9.07 Å². The molecule has 0 unspecified atom stereocenters. The lowest BCUT2D eigenvalue weighted by Crippen LogP contribution is -2.14. The fourth-order valence-electron chi connectivity index (χ4n) is 2.82. The zero-order chi connectivity index (χ0) is 21.8. The predicted octanol–water partition coefficient (Wildman–Crippen LogP) is 3.43. The number of amides is 1. The molecule has 1 N–H and O–H groups in total. The van der Waals surface area contributed by atoms with Crippen molar-refractivity contribution < 1.29 is 13.9 Å². The lowest BCUT2D eigenvalue weighted by molar-refractivity contribution is 0.102. The summed E-state index contributed by atoms with van der Waals surface area (Å²) in [4.78, 5) is 12.5. The Hall–Kier alpha value is -3.66. The number of carbonyl (C=O) groups excluding carboxylic acids is 1. The van der Waals surface area contributed by atoms with Crippen LogP contribution in [0, 0.1) is 5.82 Å². The smallest absolute Gasteiger partial charge is 0.276 e. The van der Waals surface area contributed by atoms with Gasteiger partial charge in [-0.3, -0.25) is 14.2 Å². The van der Waals surface area contributed by atoms with Gasteiger partial charge >= 0.3 is 0 Å². The number of halogens is 2. The maximum Gasteiger partial charge on any atom is 0.276 e. The van der Waals surface area contributed by atoms with Gasteiger partial charge in [0.1, 0.15) is 11.6 Å². The number of aromatic nitrogens is 6. The minimum Gasteiger partial charge on any atom is -0.471 e. The second-order valence-corrected chi connectivity index (χ2v) is 7.08. The first-order valence-electron chi connectivity index (χ1n) is 9.46. The Balaban J connectivity index is 1.32. The third kappa shape index (κ3) is 5.10. The molecule has 9 nitrogen and oxygen atoms in total. The van der Waals surface area contributed by atoms with E-state index in [2.05, 4.69) is 20.6 Å². The van der Waals surface area contributed by atoms with E-state index in [4.69, 9.17) is 16.3 Å². The molecule has 1 amide bonds. The molecule has 0 spiro atoms. The number of aryl methyl sites for hydroxylation is 1. The summed E-state index contributed by atoms with van der Waals surface area (Å²) >= 11 is 5.73. The van der Waals surface area contributed by atoms with Crippen LogP contribution >= 0.6 is 11.6 Å². The van der Waals surface area contributed by atoms with Crippen LogP contribution in [0.2, 0.25) is 5.02 Å². The number of hydrogen-bond acceptors (Lipinski definition) is 5. The van der Waals surface area contributed by atoms with Crippen molar-refractivity contribution >= 4 is 23.2 Å². The molecule has 31 heavy (non-hydrogen) atoms. The van der Waals surface area contributed by atoms with Gasteiger partial charge in [0.05, 0.1) is 29.6 Å². The Morgan fingerprint density at radius 1 is 1.16 bits per heavy atom. The molecular weight excluding hydrogens is 425 g/mol. The molecule has 160 valence electrons. The second kappa shape index (κ2) is 9.00. The molecule has 0 aliphatic carbocycles. The summed E-state index contributed by atoms with van der Waals surface area (Å²) in [6.45, 7) is 3.41. The largest absolute Gasteiger partial charge is 0.471 e. The monoisotopic (exact) mass is 443 g/mol. The molecule has 4 aromatic rings. The van der Waals surface area contributed by atoms with Crippen molar-refractivity contribution in [2.24, 2.45) is 0 Å². The molecule has 0 aliphatic heterocycles. The van der Waals surface area contributed by atoms with Crippen LogP contribution in [-0.2, 0) is 19.8 Å². The summed E-state index contributed by atoms with van der Waals surface area (Å²) in [6.07, 6.45) is 8.65. The predicted molar refractivity (Wildman–Crippen MR) is 111 cm³/mol. The highest BCUT2D eigenvalue weighted by atomic mass is 35.5. The van der Waals surface area contributed by atoms with E-state index in [-0.39, 0.29) is 23.4 Å². The Kier molecular flexibility index (Phi) is 5.99. The van der Waals surface area contributed by atoms with E-state index in [0.717, 1.165) is 12.1 Å². The van der Waals surface area contributed by atoms with Crippen LogP contribution in [0.4, 0.5) is 10.1 Å². The number of nitrogens with one attached hydrogen (secondary N) is 1. The summed E-state index contributed by atoms with van der Waals surface area (Å²) in [6, 6.07) is 5.62. The van der Waals surface area contributed by atoms with Gasteiger partial charge in [0.2, 0.25) is 0 Å². The van der Waals surface area contributed by atoms with Gasteiger partial charge in [0.15, 0.2) is 12.4 Å². The first-order chi connectivity index (χ1) is 15.0. The van der Waals surface area contributed by atoms with E-state index < -0.39 is 5.82 Å². The standard InChI is InChI=1S/C20H19ClFN7O2/c1-2-27-10-14(8-23-27)11-29-12-15(9-24-29)25-20(30)19-5-6-28(26-19)13-31-16-3-4-18(22)17(21)7-16/h3-10,12H,2,11,13H2,1H3,(H,25,30). The van der Waals surface area contributed by atoms with E-state index in [0.29, 0.717) is 18.0 Å². The highest BCUT2D eigenvalue weighted by Crippen LogP contribution is 2.21. The molecule has 0 atom stereocenters. The van der Waals surface area contributed by atoms with Gasteiger partial charge in [-0.05, 0) is 25.1 Å². The molecule has 0 radical (unpaired) electrons. The molecule has 1 aromatic carbocycles. The topological polar surface area (TPSA) is 91.8 Å².